The van der Waals surface area contributed by atoms with E-state index in [1.807, 2.05) is 31.2 Å². The highest BCUT2D eigenvalue weighted by molar-refractivity contribution is 9.10. The van der Waals surface area contributed by atoms with E-state index in [4.69, 9.17) is 4.74 Å². The van der Waals surface area contributed by atoms with Crippen LogP contribution in [0.2, 0.25) is 0 Å². The molecule has 1 aliphatic heterocycles. The van der Waals surface area contributed by atoms with Crippen molar-refractivity contribution in [3.63, 3.8) is 0 Å². The minimum absolute atomic E-state index is 0.0445. The number of ether oxygens (including phenoxy) is 1. The molecule has 0 radical (unpaired) electrons. The maximum absolute atomic E-state index is 12.3. The first-order chi connectivity index (χ1) is 11.0. The number of carbonyl (C=O) groups is 2. The SMILES string of the molecule is CCOC(=O)N1CCN([C@@H](C)C(=O)Nc2ccc(Br)cc2)CC1. The lowest BCUT2D eigenvalue weighted by atomic mass is 10.2. The van der Waals surface area contributed by atoms with Gasteiger partial charge in [0.1, 0.15) is 0 Å². The maximum Gasteiger partial charge on any atom is 0.409 e. The highest BCUT2D eigenvalue weighted by Gasteiger charge is 2.27. The van der Waals surface area contributed by atoms with E-state index in [2.05, 4.69) is 26.1 Å². The summed E-state index contributed by atoms with van der Waals surface area (Å²) in [4.78, 5) is 27.8. The van der Waals surface area contributed by atoms with E-state index in [0.717, 1.165) is 10.2 Å². The molecule has 7 heteroatoms. The lowest BCUT2D eigenvalue weighted by Gasteiger charge is -2.36. The Morgan fingerprint density at radius 1 is 1.22 bits per heavy atom. The summed E-state index contributed by atoms with van der Waals surface area (Å²) in [7, 11) is 0. The summed E-state index contributed by atoms with van der Waals surface area (Å²) in [5.74, 6) is -0.0445. The highest BCUT2D eigenvalue weighted by Crippen LogP contribution is 2.15. The van der Waals surface area contributed by atoms with Gasteiger partial charge in [0, 0.05) is 36.3 Å². The standard InChI is InChI=1S/C16H22BrN3O3/c1-3-23-16(22)20-10-8-19(9-11-20)12(2)15(21)18-14-6-4-13(17)5-7-14/h4-7,12H,3,8-11H2,1-2H3,(H,18,21)/t12-/m0/s1. The number of nitrogens with zero attached hydrogens (tertiary/aromatic N) is 2. The van der Waals surface area contributed by atoms with E-state index in [1.165, 1.54) is 0 Å². The first-order valence-electron chi connectivity index (χ1n) is 7.73. The maximum atomic E-state index is 12.3. The smallest absolute Gasteiger partial charge is 0.409 e. The Balaban J connectivity index is 1.84. The summed E-state index contributed by atoms with van der Waals surface area (Å²) in [5.41, 5.74) is 0.773. The molecule has 0 saturated carbocycles. The van der Waals surface area contributed by atoms with E-state index < -0.39 is 0 Å². The molecule has 2 amide bonds. The van der Waals surface area contributed by atoms with Crippen molar-refractivity contribution in [2.45, 2.75) is 19.9 Å². The zero-order valence-corrected chi connectivity index (χ0v) is 15.0. The van der Waals surface area contributed by atoms with Crippen molar-refractivity contribution in [3.8, 4) is 0 Å². The van der Waals surface area contributed by atoms with E-state index in [0.29, 0.717) is 32.8 Å². The summed E-state index contributed by atoms with van der Waals surface area (Å²) in [5, 5.41) is 2.91. The monoisotopic (exact) mass is 383 g/mol. The number of piperazine rings is 1. The Morgan fingerprint density at radius 2 is 1.83 bits per heavy atom. The van der Waals surface area contributed by atoms with Gasteiger partial charge in [-0.1, -0.05) is 15.9 Å². The quantitative estimate of drug-likeness (QED) is 0.867. The van der Waals surface area contributed by atoms with Crippen molar-refractivity contribution < 1.29 is 14.3 Å². The molecule has 0 aliphatic carbocycles. The molecule has 2 rings (SSSR count). The molecule has 1 aliphatic rings. The molecule has 1 aromatic carbocycles. The van der Waals surface area contributed by atoms with Crippen LogP contribution in [-0.4, -0.2) is 60.6 Å². The van der Waals surface area contributed by atoms with Gasteiger partial charge in [-0.25, -0.2) is 4.79 Å². The van der Waals surface area contributed by atoms with Crippen LogP contribution >= 0.6 is 15.9 Å². The second kappa shape index (κ2) is 8.31. The van der Waals surface area contributed by atoms with E-state index in [9.17, 15) is 9.59 Å². The van der Waals surface area contributed by atoms with Crippen LogP contribution in [0.4, 0.5) is 10.5 Å². The minimum atomic E-state index is -0.279. The third-order valence-corrected chi connectivity index (χ3v) is 4.41. The summed E-state index contributed by atoms with van der Waals surface area (Å²) in [6.07, 6.45) is -0.279. The molecule has 1 atom stereocenters. The van der Waals surface area contributed by atoms with E-state index in [1.54, 1.807) is 11.8 Å². The fourth-order valence-corrected chi connectivity index (χ4v) is 2.72. The topological polar surface area (TPSA) is 61.9 Å². The Kier molecular flexibility index (Phi) is 6.41. The third-order valence-electron chi connectivity index (χ3n) is 3.88. The molecule has 6 nitrogen and oxygen atoms in total. The average Bonchev–Trinajstić information content (AvgIpc) is 2.56. The van der Waals surface area contributed by atoms with Crippen LogP contribution in [0, 0.1) is 0 Å². The van der Waals surface area contributed by atoms with Crippen molar-refractivity contribution in [1.82, 2.24) is 9.80 Å². The first-order valence-corrected chi connectivity index (χ1v) is 8.52. The summed E-state index contributed by atoms with van der Waals surface area (Å²) < 4.78 is 5.97. The Hall–Kier alpha value is -1.60. The number of carbonyl (C=O) groups excluding carboxylic acids is 2. The zero-order chi connectivity index (χ0) is 16.8. The molecule has 1 saturated heterocycles. The van der Waals surface area contributed by atoms with Crippen molar-refractivity contribution >= 4 is 33.6 Å². The number of hydrogen-bond acceptors (Lipinski definition) is 4. The van der Waals surface area contributed by atoms with E-state index >= 15 is 0 Å². The van der Waals surface area contributed by atoms with Gasteiger partial charge in [0.2, 0.25) is 5.91 Å². The molecule has 0 aromatic heterocycles. The third kappa shape index (κ3) is 4.94. The fourth-order valence-electron chi connectivity index (χ4n) is 2.45. The van der Waals surface area contributed by atoms with Gasteiger partial charge < -0.3 is 15.0 Å². The van der Waals surface area contributed by atoms with Crippen LogP contribution in [0.25, 0.3) is 0 Å². The number of benzene rings is 1. The fraction of sp³-hybridized carbons (Fsp3) is 0.500. The van der Waals surface area contributed by atoms with Crippen LogP contribution in [-0.2, 0) is 9.53 Å². The zero-order valence-electron chi connectivity index (χ0n) is 13.4. The van der Waals surface area contributed by atoms with Crippen LogP contribution < -0.4 is 5.32 Å². The van der Waals surface area contributed by atoms with Crippen molar-refractivity contribution in [3.05, 3.63) is 28.7 Å². The van der Waals surface area contributed by atoms with Gasteiger partial charge in [-0.15, -0.1) is 0 Å². The molecule has 126 valence electrons. The second-order valence-electron chi connectivity index (χ2n) is 5.39. The lowest BCUT2D eigenvalue weighted by Crippen LogP contribution is -2.54. The molecule has 0 unspecified atom stereocenters. The second-order valence-corrected chi connectivity index (χ2v) is 6.31. The van der Waals surface area contributed by atoms with Gasteiger partial charge in [0.05, 0.1) is 12.6 Å². The molecule has 0 spiro atoms. The minimum Gasteiger partial charge on any atom is -0.450 e. The Labute approximate surface area is 144 Å². The van der Waals surface area contributed by atoms with Gasteiger partial charge in [0.15, 0.2) is 0 Å². The van der Waals surface area contributed by atoms with Crippen molar-refractivity contribution in [2.24, 2.45) is 0 Å². The van der Waals surface area contributed by atoms with Gasteiger partial charge in [-0.2, -0.15) is 0 Å². The predicted octanol–water partition coefficient (Wildman–Crippen LogP) is 2.55. The van der Waals surface area contributed by atoms with E-state index in [-0.39, 0.29) is 18.0 Å². The van der Waals surface area contributed by atoms with Crippen molar-refractivity contribution in [2.75, 3.05) is 38.1 Å². The first kappa shape index (κ1) is 17.7. The molecule has 0 bridgehead atoms. The van der Waals surface area contributed by atoms with Gasteiger partial charge in [0.25, 0.3) is 0 Å². The van der Waals surface area contributed by atoms with Crippen LogP contribution in [0.15, 0.2) is 28.7 Å². The van der Waals surface area contributed by atoms with Gasteiger partial charge >= 0.3 is 6.09 Å². The molecule has 1 N–H and O–H groups in total. The van der Waals surface area contributed by atoms with Crippen LogP contribution in [0.3, 0.4) is 0 Å². The average molecular weight is 384 g/mol. The summed E-state index contributed by atoms with van der Waals surface area (Å²) >= 11 is 3.37. The number of hydrogen-bond donors (Lipinski definition) is 1. The summed E-state index contributed by atoms with van der Waals surface area (Å²) in [6.45, 7) is 6.53. The highest BCUT2D eigenvalue weighted by atomic mass is 79.9. The molecule has 1 heterocycles. The number of nitrogens with one attached hydrogen (secondary N) is 1. The normalized spacial score (nSPS) is 16.7. The Morgan fingerprint density at radius 3 is 2.39 bits per heavy atom. The largest absolute Gasteiger partial charge is 0.450 e. The number of amides is 2. The number of halogens is 1. The van der Waals surface area contributed by atoms with Crippen LogP contribution in [0.5, 0.6) is 0 Å². The lowest BCUT2D eigenvalue weighted by molar-refractivity contribution is -0.121. The molecular weight excluding hydrogens is 362 g/mol. The van der Waals surface area contributed by atoms with Gasteiger partial charge in [-0.05, 0) is 38.1 Å². The Bertz CT molecular complexity index is 542. The predicted molar refractivity (Wildman–Crippen MR) is 92.4 cm³/mol. The molecule has 1 aromatic rings. The van der Waals surface area contributed by atoms with Crippen LogP contribution in [0.1, 0.15) is 13.8 Å². The molecule has 23 heavy (non-hydrogen) atoms. The van der Waals surface area contributed by atoms with Crippen molar-refractivity contribution in [1.29, 1.82) is 0 Å². The summed E-state index contributed by atoms with van der Waals surface area (Å²) in [6, 6.07) is 7.24. The molecular formula is C16H22BrN3O3. The number of rotatable bonds is 4. The number of anilines is 1. The van der Waals surface area contributed by atoms with Gasteiger partial charge in [-0.3, -0.25) is 9.69 Å². The molecule has 1 fully saturated rings.